The second kappa shape index (κ2) is 7.38. The summed E-state index contributed by atoms with van der Waals surface area (Å²) in [5.41, 5.74) is 3.03. The Balaban J connectivity index is 2.07. The Hall–Kier alpha value is -1.65. The van der Waals surface area contributed by atoms with Crippen LogP contribution in [0.15, 0.2) is 53.0 Å². The lowest BCUT2D eigenvalue weighted by atomic mass is 10.1. The van der Waals surface area contributed by atoms with Crippen LogP contribution in [0.5, 0.6) is 0 Å². The standard InChI is InChI=1S/C17H19BrN2O/c1-20(2)12-14-8-4-3-7-13(14)11-19-17(21)15-9-5-6-10-16(15)18/h3-10H,11-12H2,1-2H3,(H,19,21). The minimum Gasteiger partial charge on any atom is -0.348 e. The molecule has 1 N–H and O–H groups in total. The summed E-state index contributed by atoms with van der Waals surface area (Å²) in [6.45, 7) is 1.39. The van der Waals surface area contributed by atoms with E-state index in [2.05, 4.69) is 38.3 Å². The van der Waals surface area contributed by atoms with E-state index in [1.54, 1.807) is 0 Å². The number of nitrogens with zero attached hydrogens (tertiary/aromatic N) is 1. The van der Waals surface area contributed by atoms with Crippen molar-refractivity contribution in [3.05, 3.63) is 69.7 Å². The van der Waals surface area contributed by atoms with E-state index >= 15 is 0 Å². The van der Waals surface area contributed by atoms with Gasteiger partial charge in [0.2, 0.25) is 0 Å². The highest BCUT2D eigenvalue weighted by Gasteiger charge is 2.10. The highest BCUT2D eigenvalue weighted by molar-refractivity contribution is 9.10. The molecule has 0 radical (unpaired) electrons. The third kappa shape index (κ3) is 4.41. The maximum atomic E-state index is 12.2. The molecule has 0 saturated heterocycles. The van der Waals surface area contributed by atoms with Gasteiger partial charge in [-0.25, -0.2) is 0 Å². The summed E-state index contributed by atoms with van der Waals surface area (Å²) in [5.74, 6) is -0.0675. The van der Waals surface area contributed by atoms with Gasteiger partial charge in [0.05, 0.1) is 5.56 Å². The molecule has 0 unspecified atom stereocenters. The fraction of sp³-hybridized carbons (Fsp3) is 0.235. The van der Waals surface area contributed by atoms with E-state index in [-0.39, 0.29) is 5.91 Å². The van der Waals surface area contributed by atoms with Crippen molar-refractivity contribution in [3.63, 3.8) is 0 Å². The maximum absolute atomic E-state index is 12.2. The van der Waals surface area contributed by atoms with Gasteiger partial charge in [-0.1, -0.05) is 36.4 Å². The van der Waals surface area contributed by atoms with E-state index in [1.807, 2.05) is 50.5 Å². The van der Waals surface area contributed by atoms with Gasteiger partial charge in [-0.05, 0) is 53.3 Å². The lowest BCUT2D eigenvalue weighted by molar-refractivity contribution is 0.0950. The van der Waals surface area contributed by atoms with E-state index in [1.165, 1.54) is 5.56 Å². The van der Waals surface area contributed by atoms with Crippen molar-refractivity contribution in [2.75, 3.05) is 14.1 Å². The van der Waals surface area contributed by atoms with Crippen LogP contribution in [-0.2, 0) is 13.1 Å². The lowest BCUT2D eigenvalue weighted by Gasteiger charge is -2.15. The second-order valence-electron chi connectivity index (χ2n) is 5.17. The van der Waals surface area contributed by atoms with Crippen molar-refractivity contribution in [2.24, 2.45) is 0 Å². The minimum atomic E-state index is -0.0675. The van der Waals surface area contributed by atoms with Gasteiger partial charge in [-0.15, -0.1) is 0 Å². The van der Waals surface area contributed by atoms with Crippen molar-refractivity contribution in [1.29, 1.82) is 0 Å². The average molecular weight is 347 g/mol. The molecule has 0 heterocycles. The molecule has 0 spiro atoms. The summed E-state index contributed by atoms with van der Waals surface area (Å²) in [7, 11) is 4.08. The Morgan fingerprint density at radius 2 is 1.67 bits per heavy atom. The van der Waals surface area contributed by atoms with Crippen LogP contribution >= 0.6 is 15.9 Å². The third-order valence-electron chi connectivity index (χ3n) is 3.16. The first-order valence-electron chi connectivity index (χ1n) is 6.82. The number of hydrogen-bond donors (Lipinski definition) is 1. The van der Waals surface area contributed by atoms with E-state index in [0.29, 0.717) is 12.1 Å². The number of carbonyl (C=O) groups is 1. The number of hydrogen-bond acceptors (Lipinski definition) is 2. The number of amides is 1. The average Bonchev–Trinajstić information content (AvgIpc) is 2.46. The van der Waals surface area contributed by atoms with Crippen LogP contribution in [0, 0.1) is 0 Å². The number of carbonyl (C=O) groups excluding carboxylic acids is 1. The molecule has 2 aromatic carbocycles. The SMILES string of the molecule is CN(C)Cc1ccccc1CNC(=O)c1ccccc1Br. The summed E-state index contributed by atoms with van der Waals surface area (Å²) >= 11 is 3.40. The molecule has 0 fully saturated rings. The molecular formula is C17H19BrN2O. The van der Waals surface area contributed by atoms with Crippen LogP contribution in [0.3, 0.4) is 0 Å². The molecule has 0 aliphatic heterocycles. The molecule has 110 valence electrons. The second-order valence-corrected chi connectivity index (χ2v) is 6.02. The number of nitrogens with one attached hydrogen (secondary N) is 1. The Labute approximate surface area is 134 Å². The predicted octanol–water partition coefficient (Wildman–Crippen LogP) is 3.44. The minimum absolute atomic E-state index is 0.0675. The molecule has 0 bridgehead atoms. The highest BCUT2D eigenvalue weighted by atomic mass is 79.9. The van der Waals surface area contributed by atoms with Crippen molar-refractivity contribution < 1.29 is 4.79 Å². The molecule has 0 saturated carbocycles. The fourth-order valence-electron chi connectivity index (χ4n) is 2.14. The highest BCUT2D eigenvalue weighted by Crippen LogP contribution is 2.16. The Bertz CT molecular complexity index is 626. The van der Waals surface area contributed by atoms with E-state index in [4.69, 9.17) is 0 Å². The Kier molecular flexibility index (Phi) is 5.53. The molecule has 4 heteroatoms. The topological polar surface area (TPSA) is 32.3 Å². The summed E-state index contributed by atoms with van der Waals surface area (Å²) in [4.78, 5) is 14.3. The van der Waals surface area contributed by atoms with Gasteiger partial charge in [0.25, 0.3) is 5.91 Å². The molecule has 0 aliphatic carbocycles. The Morgan fingerprint density at radius 3 is 2.33 bits per heavy atom. The van der Waals surface area contributed by atoms with Crippen molar-refractivity contribution in [1.82, 2.24) is 10.2 Å². The molecular weight excluding hydrogens is 328 g/mol. The summed E-state index contributed by atoms with van der Waals surface area (Å²) < 4.78 is 0.809. The predicted molar refractivity (Wildman–Crippen MR) is 89.1 cm³/mol. The first-order chi connectivity index (χ1) is 10.1. The van der Waals surface area contributed by atoms with Crippen LogP contribution in [0.4, 0.5) is 0 Å². The number of benzene rings is 2. The van der Waals surface area contributed by atoms with Crippen molar-refractivity contribution in [2.45, 2.75) is 13.1 Å². The van der Waals surface area contributed by atoms with Crippen LogP contribution in [-0.4, -0.2) is 24.9 Å². The summed E-state index contributed by atoms with van der Waals surface area (Å²) in [5, 5.41) is 2.98. The van der Waals surface area contributed by atoms with Crippen molar-refractivity contribution >= 4 is 21.8 Å². The molecule has 0 aromatic heterocycles. The fourth-order valence-corrected chi connectivity index (χ4v) is 2.61. The van der Waals surface area contributed by atoms with Gasteiger partial charge in [0.1, 0.15) is 0 Å². The lowest BCUT2D eigenvalue weighted by Crippen LogP contribution is -2.24. The van der Waals surface area contributed by atoms with Crippen LogP contribution in [0.25, 0.3) is 0 Å². The first kappa shape index (κ1) is 15.7. The smallest absolute Gasteiger partial charge is 0.252 e. The van der Waals surface area contributed by atoms with Gasteiger partial charge in [0, 0.05) is 17.6 Å². The molecule has 2 aromatic rings. The zero-order valence-corrected chi connectivity index (χ0v) is 13.9. The van der Waals surface area contributed by atoms with Gasteiger partial charge in [0.15, 0.2) is 0 Å². The van der Waals surface area contributed by atoms with Gasteiger partial charge < -0.3 is 10.2 Å². The maximum Gasteiger partial charge on any atom is 0.252 e. The van der Waals surface area contributed by atoms with Gasteiger partial charge >= 0.3 is 0 Å². The van der Waals surface area contributed by atoms with Gasteiger partial charge in [-0.3, -0.25) is 4.79 Å². The molecule has 0 atom stereocenters. The quantitative estimate of drug-likeness (QED) is 0.899. The van der Waals surface area contributed by atoms with Gasteiger partial charge in [-0.2, -0.15) is 0 Å². The van der Waals surface area contributed by atoms with Crippen LogP contribution < -0.4 is 5.32 Å². The zero-order chi connectivity index (χ0) is 15.2. The van der Waals surface area contributed by atoms with E-state index < -0.39 is 0 Å². The number of rotatable bonds is 5. The zero-order valence-electron chi connectivity index (χ0n) is 12.3. The molecule has 2 rings (SSSR count). The molecule has 1 amide bonds. The molecule has 0 aliphatic rings. The van der Waals surface area contributed by atoms with E-state index in [0.717, 1.165) is 16.6 Å². The van der Waals surface area contributed by atoms with Crippen molar-refractivity contribution in [3.8, 4) is 0 Å². The summed E-state index contributed by atoms with van der Waals surface area (Å²) in [6.07, 6.45) is 0. The molecule has 21 heavy (non-hydrogen) atoms. The van der Waals surface area contributed by atoms with Crippen LogP contribution in [0.2, 0.25) is 0 Å². The third-order valence-corrected chi connectivity index (χ3v) is 3.85. The first-order valence-corrected chi connectivity index (χ1v) is 7.61. The largest absolute Gasteiger partial charge is 0.348 e. The summed E-state index contributed by atoms with van der Waals surface area (Å²) in [6, 6.07) is 15.6. The Morgan fingerprint density at radius 1 is 1.05 bits per heavy atom. The molecule has 3 nitrogen and oxygen atoms in total. The van der Waals surface area contributed by atoms with E-state index in [9.17, 15) is 4.79 Å². The van der Waals surface area contributed by atoms with Crippen LogP contribution in [0.1, 0.15) is 21.5 Å². The normalized spacial score (nSPS) is 10.7. The monoisotopic (exact) mass is 346 g/mol. The number of halogens is 1.